The molecule has 0 atom stereocenters. The summed E-state index contributed by atoms with van der Waals surface area (Å²) >= 11 is 0. The lowest BCUT2D eigenvalue weighted by Crippen LogP contribution is -2.56. The highest BCUT2D eigenvalue weighted by Crippen LogP contribution is 2.27. The van der Waals surface area contributed by atoms with Crippen LogP contribution in [-0.2, 0) is 4.84 Å². The van der Waals surface area contributed by atoms with Crippen LogP contribution >= 0.6 is 0 Å². The van der Waals surface area contributed by atoms with Gasteiger partial charge >= 0.3 is 0 Å². The van der Waals surface area contributed by atoms with Crippen LogP contribution in [-0.4, -0.2) is 41.3 Å². The molecule has 1 heterocycles. The molecule has 2 fully saturated rings. The highest BCUT2D eigenvalue weighted by atomic mass is 16.6. The number of aliphatic hydroxyl groups is 1. The summed E-state index contributed by atoms with van der Waals surface area (Å²) in [4.78, 5) is 7.18. The fourth-order valence-electron chi connectivity index (χ4n) is 2.33. The Balaban J connectivity index is 1.72. The van der Waals surface area contributed by atoms with E-state index >= 15 is 0 Å². The lowest BCUT2D eigenvalue weighted by molar-refractivity contribution is -0.0528. The molecule has 0 radical (unpaired) electrons. The van der Waals surface area contributed by atoms with Gasteiger partial charge in [0.2, 0.25) is 0 Å². The van der Waals surface area contributed by atoms with Crippen LogP contribution in [0.5, 0.6) is 0 Å². The van der Waals surface area contributed by atoms with E-state index in [1.54, 1.807) is 0 Å². The third-order valence-electron chi connectivity index (χ3n) is 3.24. The summed E-state index contributed by atoms with van der Waals surface area (Å²) in [5, 5.41) is 9.16. The first kappa shape index (κ1) is 9.40. The molecular formula is C9H18N2O2. The number of β-amino-alcohol motifs (C(OH)–C–C–N with tert-alkyl or cyclic N) is 1. The van der Waals surface area contributed by atoms with Gasteiger partial charge in [-0.2, -0.15) is 0 Å². The van der Waals surface area contributed by atoms with Crippen molar-refractivity contribution in [3.05, 3.63) is 0 Å². The minimum absolute atomic E-state index is 0.0801. The Hall–Kier alpha value is -0.160. The quantitative estimate of drug-likeness (QED) is 0.590. The van der Waals surface area contributed by atoms with Gasteiger partial charge in [-0.25, -0.2) is 5.90 Å². The minimum Gasteiger partial charge on any atom is -0.390 e. The van der Waals surface area contributed by atoms with Gasteiger partial charge in [0.25, 0.3) is 0 Å². The summed E-state index contributed by atoms with van der Waals surface area (Å²) < 4.78 is 0. The zero-order chi connectivity index (χ0) is 9.26. The lowest BCUT2D eigenvalue weighted by Gasteiger charge is -2.44. The third-order valence-corrected chi connectivity index (χ3v) is 3.24. The van der Waals surface area contributed by atoms with Gasteiger partial charge in [0, 0.05) is 19.1 Å². The molecule has 1 aliphatic heterocycles. The van der Waals surface area contributed by atoms with E-state index in [9.17, 15) is 0 Å². The van der Waals surface area contributed by atoms with Crippen LogP contribution in [0.4, 0.5) is 0 Å². The number of aliphatic hydroxyl groups excluding tert-OH is 1. The van der Waals surface area contributed by atoms with Crippen molar-refractivity contribution in [2.75, 3.05) is 13.1 Å². The van der Waals surface area contributed by atoms with Crippen molar-refractivity contribution in [3.63, 3.8) is 0 Å². The number of likely N-dealkylation sites (tertiary alicyclic amines) is 1. The second-order valence-corrected chi connectivity index (χ2v) is 4.17. The van der Waals surface area contributed by atoms with Crippen molar-refractivity contribution in [3.8, 4) is 0 Å². The standard InChI is InChI=1S/C9H18N2O2/c10-13-9-3-1-7(2-4-9)11-5-8(12)6-11/h7-9,12H,1-6,10H2. The zero-order valence-electron chi connectivity index (χ0n) is 7.85. The summed E-state index contributed by atoms with van der Waals surface area (Å²) in [6.45, 7) is 1.72. The Kier molecular flexibility index (Phi) is 2.83. The van der Waals surface area contributed by atoms with E-state index in [2.05, 4.69) is 4.90 Å². The van der Waals surface area contributed by atoms with E-state index in [4.69, 9.17) is 15.8 Å². The molecule has 0 aromatic heterocycles. The van der Waals surface area contributed by atoms with Crippen LogP contribution in [0, 0.1) is 0 Å². The summed E-state index contributed by atoms with van der Waals surface area (Å²) in [6, 6.07) is 0.662. The molecular weight excluding hydrogens is 168 g/mol. The molecule has 0 aromatic carbocycles. The van der Waals surface area contributed by atoms with Gasteiger partial charge in [0.1, 0.15) is 0 Å². The average Bonchev–Trinajstić information content (AvgIpc) is 2.13. The molecule has 0 spiro atoms. The average molecular weight is 186 g/mol. The van der Waals surface area contributed by atoms with Crippen molar-refractivity contribution >= 4 is 0 Å². The molecule has 1 aliphatic carbocycles. The molecule has 76 valence electrons. The maximum absolute atomic E-state index is 9.16. The summed E-state index contributed by atoms with van der Waals surface area (Å²) in [5.41, 5.74) is 0. The van der Waals surface area contributed by atoms with Crippen LogP contribution < -0.4 is 5.90 Å². The Morgan fingerprint density at radius 2 is 1.77 bits per heavy atom. The first-order valence-corrected chi connectivity index (χ1v) is 5.07. The van der Waals surface area contributed by atoms with E-state index in [0.717, 1.165) is 38.8 Å². The molecule has 1 saturated heterocycles. The SMILES string of the molecule is NOC1CCC(N2CC(O)C2)CC1. The second-order valence-electron chi connectivity index (χ2n) is 4.17. The van der Waals surface area contributed by atoms with E-state index in [-0.39, 0.29) is 12.2 Å². The van der Waals surface area contributed by atoms with Crippen LogP contribution in [0.15, 0.2) is 0 Å². The molecule has 2 rings (SSSR count). The number of rotatable bonds is 2. The van der Waals surface area contributed by atoms with Gasteiger partial charge in [-0.3, -0.25) is 4.90 Å². The Morgan fingerprint density at radius 1 is 1.15 bits per heavy atom. The number of nitrogens with zero attached hydrogens (tertiary/aromatic N) is 1. The monoisotopic (exact) mass is 186 g/mol. The maximum Gasteiger partial charge on any atom is 0.0794 e. The van der Waals surface area contributed by atoms with Gasteiger partial charge in [-0.15, -0.1) is 0 Å². The molecule has 0 aromatic rings. The van der Waals surface area contributed by atoms with Crippen LogP contribution in [0.3, 0.4) is 0 Å². The van der Waals surface area contributed by atoms with E-state index in [0.29, 0.717) is 6.04 Å². The van der Waals surface area contributed by atoms with Crippen molar-refractivity contribution < 1.29 is 9.94 Å². The van der Waals surface area contributed by atoms with Crippen LogP contribution in [0.1, 0.15) is 25.7 Å². The molecule has 0 amide bonds. The summed E-state index contributed by atoms with van der Waals surface area (Å²) in [5.74, 6) is 5.14. The molecule has 1 saturated carbocycles. The van der Waals surface area contributed by atoms with Crippen LogP contribution in [0.2, 0.25) is 0 Å². The lowest BCUT2D eigenvalue weighted by atomic mass is 9.90. The van der Waals surface area contributed by atoms with Crippen molar-refractivity contribution in [1.29, 1.82) is 0 Å². The van der Waals surface area contributed by atoms with Crippen molar-refractivity contribution in [2.45, 2.75) is 43.9 Å². The molecule has 2 aliphatic rings. The summed E-state index contributed by atoms with van der Waals surface area (Å²) in [7, 11) is 0. The number of hydrogen-bond donors (Lipinski definition) is 2. The Bertz CT molecular complexity index is 163. The topological polar surface area (TPSA) is 58.7 Å². The number of nitrogens with two attached hydrogens (primary N) is 1. The second kappa shape index (κ2) is 3.92. The summed E-state index contributed by atoms with van der Waals surface area (Å²) in [6.07, 6.45) is 4.64. The van der Waals surface area contributed by atoms with Gasteiger partial charge < -0.3 is 9.94 Å². The van der Waals surface area contributed by atoms with E-state index in [1.165, 1.54) is 0 Å². The van der Waals surface area contributed by atoms with Gasteiger partial charge in [0.15, 0.2) is 0 Å². The van der Waals surface area contributed by atoms with Gasteiger partial charge in [-0.05, 0) is 25.7 Å². The fraction of sp³-hybridized carbons (Fsp3) is 1.00. The van der Waals surface area contributed by atoms with Gasteiger partial charge in [0.05, 0.1) is 12.2 Å². The molecule has 4 heteroatoms. The molecule has 3 N–H and O–H groups in total. The van der Waals surface area contributed by atoms with E-state index < -0.39 is 0 Å². The Morgan fingerprint density at radius 3 is 2.23 bits per heavy atom. The predicted octanol–water partition coefficient (Wildman–Crippen LogP) is -0.136. The largest absolute Gasteiger partial charge is 0.390 e. The minimum atomic E-state index is -0.0801. The molecule has 0 bridgehead atoms. The normalized spacial score (nSPS) is 37.4. The van der Waals surface area contributed by atoms with Crippen molar-refractivity contribution in [1.82, 2.24) is 4.90 Å². The maximum atomic E-state index is 9.16. The van der Waals surface area contributed by atoms with Crippen molar-refractivity contribution in [2.24, 2.45) is 5.90 Å². The molecule has 13 heavy (non-hydrogen) atoms. The molecule has 0 unspecified atom stereocenters. The predicted molar refractivity (Wildman–Crippen MR) is 48.9 cm³/mol. The fourth-order valence-corrected chi connectivity index (χ4v) is 2.33. The van der Waals surface area contributed by atoms with Gasteiger partial charge in [-0.1, -0.05) is 0 Å². The highest BCUT2D eigenvalue weighted by molar-refractivity contribution is 4.88. The number of hydrogen-bond acceptors (Lipinski definition) is 4. The first-order valence-electron chi connectivity index (χ1n) is 5.07. The highest BCUT2D eigenvalue weighted by Gasteiger charge is 2.33. The molecule has 4 nitrogen and oxygen atoms in total. The van der Waals surface area contributed by atoms with E-state index in [1.807, 2.05) is 0 Å². The zero-order valence-corrected chi connectivity index (χ0v) is 7.85. The van der Waals surface area contributed by atoms with Crippen LogP contribution in [0.25, 0.3) is 0 Å². The smallest absolute Gasteiger partial charge is 0.0794 e. The third kappa shape index (κ3) is 2.02. The first-order chi connectivity index (χ1) is 6.29. The Labute approximate surface area is 78.6 Å².